The average molecular weight is 280 g/mol. The highest BCUT2D eigenvalue weighted by atomic mass is 32.1. The molecule has 0 radical (unpaired) electrons. The van der Waals surface area contributed by atoms with Gasteiger partial charge in [-0.25, -0.2) is 0 Å². The number of amides is 1. The summed E-state index contributed by atoms with van der Waals surface area (Å²) in [5, 5.41) is 5.10. The molecule has 4 nitrogen and oxygen atoms in total. The van der Waals surface area contributed by atoms with Crippen LogP contribution in [0.4, 0.5) is 0 Å². The van der Waals surface area contributed by atoms with Crippen LogP contribution in [0.2, 0.25) is 0 Å². The third-order valence-corrected chi connectivity index (χ3v) is 5.12. The van der Waals surface area contributed by atoms with E-state index >= 15 is 0 Å². The van der Waals surface area contributed by atoms with E-state index in [2.05, 4.69) is 16.8 Å². The Kier molecular flexibility index (Phi) is 3.86. The van der Waals surface area contributed by atoms with Crippen molar-refractivity contribution in [1.29, 1.82) is 0 Å². The van der Waals surface area contributed by atoms with Crippen molar-refractivity contribution in [3.8, 4) is 0 Å². The standard InChI is InChI=1S/C14H20N2O2S/c15-12-10-6-7-18-14(10)13(12)16-11(17)5-1-3-9-4-2-8-19-9/h2,4,8,10,12-14H,1,3,5-7,15H2,(H,16,17). The molecule has 1 aliphatic heterocycles. The van der Waals surface area contributed by atoms with E-state index in [0.29, 0.717) is 12.3 Å². The summed E-state index contributed by atoms with van der Waals surface area (Å²) in [5.74, 6) is 0.558. The summed E-state index contributed by atoms with van der Waals surface area (Å²) in [7, 11) is 0. The van der Waals surface area contributed by atoms with Crippen LogP contribution in [0, 0.1) is 5.92 Å². The van der Waals surface area contributed by atoms with Gasteiger partial charge in [0.15, 0.2) is 0 Å². The van der Waals surface area contributed by atoms with Crippen molar-refractivity contribution in [2.75, 3.05) is 6.61 Å². The summed E-state index contributed by atoms with van der Waals surface area (Å²) in [6.45, 7) is 0.785. The summed E-state index contributed by atoms with van der Waals surface area (Å²) in [6, 6.07) is 4.27. The summed E-state index contributed by atoms with van der Waals surface area (Å²) >= 11 is 1.75. The van der Waals surface area contributed by atoms with Crippen LogP contribution in [0.3, 0.4) is 0 Å². The van der Waals surface area contributed by atoms with Crippen molar-refractivity contribution in [2.24, 2.45) is 11.7 Å². The highest BCUT2D eigenvalue weighted by Gasteiger charge is 2.52. The maximum Gasteiger partial charge on any atom is 0.220 e. The first-order valence-corrected chi connectivity index (χ1v) is 7.82. The van der Waals surface area contributed by atoms with Gasteiger partial charge in [0.25, 0.3) is 0 Å². The lowest BCUT2D eigenvalue weighted by molar-refractivity contribution is -0.125. The van der Waals surface area contributed by atoms with Gasteiger partial charge in [-0.15, -0.1) is 11.3 Å². The zero-order valence-electron chi connectivity index (χ0n) is 10.9. The molecule has 3 rings (SSSR count). The number of aryl methyl sites for hydroxylation is 1. The first-order chi connectivity index (χ1) is 9.25. The molecule has 5 heteroatoms. The monoisotopic (exact) mass is 280 g/mol. The lowest BCUT2D eigenvalue weighted by atomic mass is 9.72. The van der Waals surface area contributed by atoms with E-state index in [1.165, 1.54) is 4.88 Å². The Morgan fingerprint density at radius 1 is 1.58 bits per heavy atom. The van der Waals surface area contributed by atoms with Crippen LogP contribution in [0.25, 0.3) is 0 Å². The third kappa shape index (κ3) is 2.68. The van der Waals surface area contributed by atoms with E-state index in [-0.39, 0.29) is 24.1 Å². The van der Waals surface area contributed by atoms with Crippen LogP contribution < -0.4 is 11.1 Å². The van der Waals surface area contributed by atoms with E-state index in [9.17, 15) is 4.79 Å². The molecule has 2 fully saturated rings. The van der Waals surface area contributed by atoms with Crippen LogP contribution >= 0.6 is 11.3 Å². The van der Waals surface area contributed by atoms with Crippen LogP contribution in [0.15, 0.2) is 17.5 Å². The smallest absolute Gasteiger partial charge is 0.220 e. The fourth-order valence-electron chi connectivity index (χ4n) is 3.06. The molecule has 4 atom stereocenters. The van der Waals surface area contributed by atoms with Crippen molar-refractivity contribution >= 4 is 17.2 Å². The minimum Gasteiger partial charge on any atom is -0.376 e. The summed E-state index contributed by atoms with van der Waals surface area (Å²) in [6.07, 6.45) is 3.64. The Labute approximate surface area is 117 Å². The Hall–Kier alpha value is -0.910. The van der Waals surface area contributed by atoms with E-state index in [1.807, 2.05) is 6.07 Å². The van der Waals surface area contributed by atoms with Crippen LogP contribution in [0.5, 0.6) is 0 Å². The van der Waals surface area contributed by atoms with Crippen molar-refractivity contribution < 1.29 is 9.53 Å². The lowest BCUT2D eigenvalue weighted by Gasteiger charge is -2.45. The highest BCUT2D eigenvalue weighted by molar-refractivity contribution is 7.09. The Morgan fingerprint density at radius 3 is 3.26 bits per heavy atom. The summed E-state index contributed by atoms with van der Waals surface area (Å²) in [4.78, 5) is 13.2. The van der Waals surface area contributed by atoms with Gasteiger partial charge < -0.3 is 15.8 Å². The predicted molar refractivity (Wildman–Crippen MR) is 75.0 cm³/mol. The number of thiophene rings is 1. The molecule has 1 saturated heterocycles. The number of hydrogen-bond donors (Lipinski definition) is 2. The number of nitrogens with one attached hydrogen (secondary N) is 1. The molecular weight excluding hydrogens is 260 g/mol. The van der Waals surface area contributed by atoms with Crippen LogP contribution in [-0.2, 0) is 16.0 Å². The van der Waals surface area contributed by atoms with Gasteiger partial charge in [0, 0.05) is 29.9 Å². The van der Waals surface area contributed by atoms with Gasteiger partial charge in [0.1, 0.15) is 0 Å². The number of fused-ring (bicyclic) bond motifs is 1. The van der Waals surface area contributed by atoms with Gasteiger partial charge >= 0.3 is 0 Å². The first-order valence-electron chi connectivity index (χ1n) is 6.94. The topological polar surface area (TPSA) is 64.3 Å². The van der Waals surface area contributed by atoms with E-state index in [4.69, 9.17) is 10.5 Å². The number of nitrogens with two attached hydrogens (primary N) is 1. The van der Waals surface area contributed by atoms with Gasteiger partial charge in [-0.05, 0) is 30.7 Å². The molecule has 1 saturated carbocycles. The summed E-state index contributed by atoms with van der Waals surface area (Å²) in [5.41, 5.74) is 6.07. The molecule has 1 aromatic rings. The largest absolute Gasteiger partial charge is 0.376 e. The molecule has 1 aliphatic carbocycles. The van der Waals surface area contributed by atoms with E-state index in [0.717, 1.165) is 25.9 Å². The number of carbonyl (C=O) groups excluding carboxylic acids is 1. The van der Waals surface area contributed by atoms with E-state index < -0.39 is 0 Å². The first kappa shape index (κ1) is 13.1. The SMILES string of the molecule is NC1C2CCOC2C1NC(=O)CCCc1cccs1. The fourth-order valence-corrected chi connectivity index (χ4v) is 3.82. The third-order valence-electron chi connectivity index (χ3n) is 4.18. The van der Waals surface area contributed by atoms with Crippen molar-refractivity contribution in [2.45, 2.75) is 43.9 Å². The minimum absolute atomic E-state index is 0.0294. The fraction of sp³-hybridized carbons (Fsp3) is 0.643. The molecular formula is C14H20N2O2S. The number of rotatable bonds is 5. The number of hydrogen-bond acceptors (Lipinski definition) is 4. The molecule has 19 heavy (non-hydrogen) atoms. The average Bonchev–Trinajstić information content (AvgIpc) is 3.05. The molecule has 1 aromatic heterocycles. The molecule has 0 spiro atoms. The zero-order chi connectivity index (χ0) is 13.2. The number of ether oxygens (including phenoxy) is 1. The van der Waals surface area contributed by atoms with Crippen molar-refractivity contribution in [3.05, 3.63) is 22.4 Å². The van der Waals surface area contributed by atoms with Crippen molar-refractivity contribution in [3.63, 3.8) is 0 Å². The predicted octanol–water partition coefficient (Wildman–Crippen LogP) is 1.30. The molecule has 3 N–H and O–H groups in total. The zero-order valence-corrected chi connectivity index (χ0v) is 11.7. The lowest BCUT2D eigenvalue weighted by Crippen LogP contribution is -2.68. The van der Waals surface area contributed by atoms with Crippen LogP contribution in [0.1, 0.15) is 24.1 Å². The second-order valence-corrected chi connectivity index (χ2v) is 6.42. The molecule has 2 aliphatic rings. The van der Waals surface area contributed by atoms with Gasteiger partial charge in [0.05, 0.1) is 12.1 Å². The maximum absolute atomic E-state index is 11.9. The van der Waals surface area contributed by atoms with E-state index in [1.54, 1.807) is 11.3 Å². The quantitative estimate of drug-likeness (QED) is 0.854. The Morgan fingerprint density at radius 2 is 2.47 bits per heavy atom. The molecule has 4 unspecified atom stereocenters. The van der Waals surface area contributed by atoms with Gasteiger partial charge in [-0.2, -0.15) is 0 Å². The molecule has 104 valence electrons. The van der Waals surface area contributed by atoms with Crippen molar-refractivity contribution in [1.82, 2.24) is 5.32 Å². The van der Waals surface area contributed by atoms with Crippen LogP contribution in [-0.4, -0.2) is 30.7 Å². The number of carbonyl (C=O) groups is 1. The summed E-state index contributed by atoms with van der Waals surface area (Å²) < 4.78 is 5.61. The molecule has 1 amide bonds. The molecule has 2 heterocycles. The molecule has 0 aromatic carbocycles. The second-order valence-electron chi connectivity index (χ2n) is 5.39. The normalized spacial score (nSPS) is 32.7. The highest BCUT2D eigenvalue weighted by Crippen LogP contribution is 2.37. The Balaban J connectivity index is 1.39. The molecule has 0 bridgehead atoms. The second kappa shape index (κ2) is 5.61. The van der Waals surface area contributed by atoms with Gasteiger partial charge in [0.2, 0.25) is 5.91 Å². The van der Waals surface area contributed by atoms with Gasteiger partial charge in [-0.3, -0.25) is 4.79 Å². The minimum atomic E-state index is 0.0294. The van der Waals surface area contributed by atoms with Gasteiger partial charge in [-0.1, -0.05) is 6.07 Å². The maximum atomic E-state index is 11.9. The Bertz CT molecular complexity index is 435.